The third kappa shape index (κ3) is 3.96. The van der Waals surface area contributed by atoms with Crippen LogP contribution in [0.5, 0.6) is 0 Å². The maximum Gasteiger partial charge on any atom is 0.270 e. The molecule has 1 amide bonds. The zero-order chi connectivity index (χ0) is 15.4. The number of carbonyl (C=O) groups excluding carboxylic acids is 1. The van der Waals surface area contributed by atoms with Gasteiger partial charge in [-0.25, -0.2) is 4.98 Å². The molecule has 0 spiro atoms. The molecule has 6 nitrogen and oxygen atoms in total. The van der Waals surface area contributed by atoms with Gasteiger partial charge in [-0.05, 0) is 13.8 Å². The Morgan fingerprint density at radius 2 is 2.19 bits per heavy atom. The molecule has 2 rings (SSSR count). The van der Waals surface area contributed by atoms with Crippen molar-refractivity contribution in [1.29, 1.82) is 0 Å². The predicted molar refractivity (Wildman–Crippen MR) is 82.3 cm³/mol. The fourth-order valence-corrected chi connectivity index (χ4v) is 2.37. The second kappa shape index (κ2) is 6.27. The molecule has 1 N–H and O–H groups in total. The van der Waals surface area contributed by atoms with Crippen molar-refractivity contribution in [2.24, 2.45) is 0 Å². The third-order valence-electron chi connectivity index (χ3n) is 2.51. The molecule has 7 heteroatoms. The molecule has 0 fully saturated rings. The van der Waals surface area contributed by atoms with Crippen molar-refractivity contribution in [2.75, 3.05) is 5.32 Å². The summed E-state index contributed by atoms with van der Waals surface area (Å²) >= 11 is 1.27. The van der Waals surface area contributed by atoms with Gasteiger partial charge in [0.1, 0.15) is 0 Å². The standard InChI is InChI=1S/C14H13N3O3S/c1-9(2)6-13(18)16-14-15-12(8-21-14)10-4-3-5-11(7-10)17(19)20/h3-8H,1-2H3,(H,15,16,18). The molecule has 0 unspecified atom stereocenters. The number of thiazole rings is 1. The minimum Gasteiger partial charge on any atom is -0.298 e. The Balaban J connectivity index is 2.20. The van der Waals surface area contributed by atoms with Crippen molar-refractivity contribution in [2.45, 2.75) is 13.8 Å². The van der Waals surface area contributed by atoms with Crippen molar-refractivity contribution in [1.82, 2.24) is 4.98 Å². The van der Waals surface area contributed by atoms with E-state index < -0.39 is 4.92 Å². The summed E-state index contributed by atoms with van der Waals surface area (Å²) in [4.78, 5) is 26.2. The lowest BCUT2D eigenvalue weighted by Crippen LogP contribution is -2.07. The molecule has 0 atom stereocenters. The first-order chi connectivity index (χ1) is 9.95. The van der Waals surface area contributed by atoms with Crippen molar-refractivity contribution < 1.29 is 9.72 Å². The number of non-ortho nitro benzene ring substituents is 1. The van der Waals surface area contributed by atoms with E-state index in [-0.39, 0.29) is 11.6 Å². The summed E-state index contributed by atoms with van der Waals surface area (Å²) in [6.07, 6.45) is 1.48. The van der Waals surface area contributed by atoms with Crippen molar-refractivity contribution >= 4 is 28.1 Å². The largest absolute Gasteiger partial charge is 0.298 e. The summed E-state index contributed by atoms with van der Waals surface area (Å²) in [5.41, 5.74) is 2.14. The molecule has 1 aromatic carbocycles. The van der Waals surface area contributed by atoms with Gasteiger partial charge in [-0.2, -0.15) is 0 Å². The number of nitrogens with zero attached hydrogens (tertiary/aromatic N) is 2. The van der Waals surface area contributed by atoms with Crippen LogP contribution in [0.3, 0.4) is 0 Å². The Morgan fingerprint density at radius 1 is 1.43 bits per heavy atom. The van der Waals surface area contributed by atoms with Gasteiger partial charge in [-0.3, -0.25) is 20.2 Å². The quantitative estimate of drug-likeness (QED) is 0.531. The van der Waals surface area contributed by atoms with E-state index >= 15 is 0 Å². The van der Waals surface area contributed by atoms with E-state index in [0.717, 1.165) is 5.57 Å². The fourth-order valence-electron chi connectivity index (χ4n) is 1.65. The van der Waals surface area contributed by atoms with E-state index in [1.807, 2.05) is 13.8 Å². The van der Waals surface area contributed by atoms with Crippen LogP contribution in [0, 0.1) is 10.1 Å². The summed E-state index contributed by atoms with van der Waals surface area (Å²) in [6.45, 7) is 3.66. The van der Waals surface area contributed by atoms with Crippen LogP contribution < -0.4 is 5.32 Å². The number of hydrogen-bond acceptors (Lipinski definition) is 5. The van der Waals surface area contributed by atoms with Gasteiger partial charge in [0.15, 0.2) is 5.13 Å². The number of allylic oxidation sites excluding steroid dienone is 1. The Bertz CT molecular complexity index is 718. The first-order valence-corrected chi connectivity index (χ1v) is 7.00. The van der Waals surface area contributed by atoms with Gasteiger partial charge in [0.05, 0.1) is 10.6 Å². The molecule has 0 bridgehead atoms. The Kier molecular flexibility index (Phi) is 4.44. The molecule has 1 aromatic heterocycles. The number of nitro benzene ring substituents is 1. The second-order valence-electron chi connectivity index (χ2n) is 4.56. The Labute approximate surface area is 125 Å². The van der Waals surface area contributed by atoms with Gasteiger partial charge in [0.25, 0.3) is 5.69 Å². The number of rotatable bonds is 4. The van der Waals surface area contributed by atoms with E-state index in [4.69, 9.17) is 0 Å². The van der Waals surface area contributed by atoms with Crippen molar-refractivity contribution in [3.05, 3.63) is 51.4 Å². The number of anilines is 1. The lowest BCUT2D eigenvalue weighted by molar-refractivity contribution is -0.384. The fraction of sp³-hybridized carbons (Fsp3) is 0.143. The van der Waals surface area contributed by atoms with Crippen LogP contribution in [0.2, 0.25) is 0 Å². The molecule has 0 aliphatic heterocycles. The second-order valence-corrected chi connectivity index (χ2v) is 5.41. The van der Waals surface area contributed by atoms with Crippen LogP contribution in [-0.4, -0.2) is 15.8 Å². The van der Waals surface area contributed by atoms with Gasteiger partial charge in [-0.1, -0.05) is 17.7 Å². The molecule has 1 heterocycles. The summed E-state index contributed by atoms with van der Waals surface area (Å²) in [7, 11) is 0. The van der Waals surface area contributed by atoms with E-state index in [1.54, 1.807) is 17.5 Å². The van der Waals surface area contributed by atoms with E-state index in [9.17, 15) is 14.9 Å². The minimum atomic E-state index is -0.451. The van der Waals surface area contributed by atoms with Gasteiger partial charge < -0.3 is 0 Å². The van der Waals surface area contributed by atoms with Crippen LogP contribution >= 0.6 is 11.3 Å². The first kappa shape index (κ1) is 14.9. The van der Waals surface area contributed by atoms with Gasteiger partial charge >= 0.3 is 0 Å². The van der Waals surface area contributed by atoms with Crippen LogP contribution in [0.15, 0.2) is 41.3 Å². The van der Waals surface area contributed by atoms with Gasteiger partial charge in [-0.15, -0.1) is 11.3 Å². The molecule has 0 aliphatic carbocycles. The Hall–Kier alpha value is -2.54. The highest BCUT2D eigenvalue weighted by atomic mass is 32.1. The normalized spacial score (nSPS) is 10.0. The monoisotopic (exact) mass is 303 g/mol. The van der Waals surface area contributed by atoms with E-state index in [1.165, 1.54) is 29.5 Å². The topological polar surface area (TPSA) is 85.1 Å². The van der Waals surface area contributed by atoms with Crippen LogP contribution in [0.4, 0.5) is 10.8 Å². The van der Waals surface area contributed by atoms with Gasteiger partial charge in [0.2, 0.25) is 5.91 Å². The lowest BCUT2D eigenvalue weighted by Gasteiger charge is -1.98. The summed E-state index contributed by atoms with van der Waals surface area (Å²) < 4.78 is 0. The van der Waals surface area contributed by atoms with Crippen LogP contribution in [-0.2, 0) is 4.79 Å². The molecule has 0 radical (unpaired) electrons. The smallest absolute Gasteiger partial charge is 0.270 e. The minimum absolute atomic E-state index is 0.00984. The molecule has 21 heavy (non-hydrogen) atoms. The van der Waals surface area contributed by atoms with E-state index in [2.05, 4.69) is 10.3 Å². The first-order valence-electron chi connectivity index (χ1n) is 6.12. The molecule has 2 aromatic rings. The average Bonchev–Trinajstić information content (AvgIpc) is 2.86. The maximum absolute atomic E-state index is 11.6. The summed E-state index contributed by atoms with van der Waals surface area (Å²) in [5.74, 6) is -0.241. The van der Waals surface area contributed by atoms with Crippen molar-refractivity contribution in [3.63, 3.8) is 0 Å². The number of nitro groups is 1. The molecule has 0 saturated carbocycles. The SMILES string of the molecule is CC(C)=CC(=O)Nc1nc(-c2cccc([N+](=O)[O-])c2)cs1. The molecule has 0 aliphatic rings. The average molecular weight is 303 g/mol. The highest BCUT2D eigenvalue weighted by molar-refractivity contribution is 7.14. The molecular formula is C14H13N3O3S. The third-order valence-corrected chi connectivity index (χ3v) is 3.26. The van der Waals surface area contributed by atoms with Crippen LogP contribution in [0.1, 0.15) is 13.8 Å². The number of hydrogen-bond donors (Lipinski definition) is 1. The Morgan fingerprint density at radius 3 is 2.86 bits per heavy atom. The maximum atomic E-state index is 11.6. The number of amides is 1. The predicted octanol–water partition coefficient (Wildman–Crippen LogP) is 3.62. The number of carbonyl (C=O) groups is 1. The van der Waals surface area contributed by atoms with Crippen molar-refractivity contribution in [3.8, 4) is 11.3 Å². The number of benzene rings is 1. The zero-order valence-corrected chi connectivity index (χ0v) is 12.3. The molecule has 0 saturated heterocycles. The number of nitrogens with one attached hydrogen (secondary N) is 1. The van der Waals surface area contributed by atoms with E-state index in [0.29, 0.717) is 16.4 Å². The number of aromatic nitrogens is 1. The molecule has 108 valence electrons. The summed E-state index contributed by atoms with van der Waals surface area (Å²) in [5, 5.41) is 15.6. The highest BCUT2D eigenvalue weighted by Crippen LogP contribution is 2.27. The summed E-state index contributed by atoms with van der Waals surface area (Å²) in [6, 6.07) is 6.22. The van der Waals surface area contributed by atoms with Gasteiger partial charge in [0, 0.05) is 29.2 Å². The zero-order valence-electron chi connectivity index (χ0n) is 11.5. The highest BCUT2D eigenvalue weighted by Gasteiger charge is 2.10. The molecular weight excluding hydrogens is 290 g/mol. The van der Waals surface area contributed by atoms with Crippen LogP contribution in [0.25, 0.3) is 11.3 Å². The lowest BCUT2D eigenvalue weighted by atomic mass is 10.1.